The molecule has 0 bridgehead atoms. The molecular weight excluding hydrogens is 370 g/mol. The van der Waals surface area contributed by atoms with Gasteiger partial charge in [-0.25, -0.2) is 0 Å². The molecular formula is C27H43NO2. The minimum atomic E-state index is -0.242. The highest BCUT2D eigenvalue weighted by Crippen LogP contribution is 2.66. The van der Waals surface area contributed by atoms with Crippen LogP contribution >= 0.6 is 0 Å². The Labute approximate surface area is 183 Å². The SMILES string of the molecule is C[C@H]1CCC2[C@H](C)C3CCC4C(CC5C4CC(=O)C4CC(O)CC[C@@]45C)C3CN2C1. The quantitative estimate of drug-likeness (QED) is 0.622. The monoisotopic (exact) mass is 413 g/mol. The molecule has 6 aliphatic rings. The van der Waals surface area contributed by atoms with Crippen LogP contribution in [0.4, 0.5) is 0 Å². The van der Waals surface area contributed by atoms with Crippen LogP contribution in [0.15, 0.2) is 0 Å². The van der Waals surface area contributed by atoms with Gasteiger partial charge in [-0.3, -0.25) is 9.69 Å². The second-order valence-electron chi connectivity index (χ2n) is 13.0. The van der Waals surface area contributed by atoms with Crippen LogP contribution in [-0.4, -0.2) is 41.0 Å². The van der Waals surface area contributed by atoms with E-state index in [1.807, 2.05) is 0 Å². The number of carbonyl (C=O) groups excluding carboxylic acids is 1. The molecule has 12 atom stereocenters. The van der Waals surface area contributed by atoms with Crippen molar-refractivity contribution in [3.63, 3.8) is 0 Å². The molecule has 0 radical (unpaired) electrons. The summed E-state index contributed by atoms with van der Waals surface area (Å²) < 4.78 is 0. The van der Waals surface area contributed by atoms with E-state index in [1.165, 1.54) is 45.2 Å². The number of fused-ring (bicyclic) bond motifs is 8. The first-order chi connectivity index (χ1) is 14.4. The van der Waals surface area contributed by atoms with E-state index < -0.39 is 0 Å². The molecule has 0 aromatic heterocycles. The van der Waals surface area contributed by atoms with E-state index in [1.54, 1.807) is 0 Å². The van der Waals surface area contributed by atoms with Crippen molar-refractivity contribution in [3.05, 3.63) is 0 Å². The van der Waals surface area contributed by atoms with Crippen molar-refractivity contribution < 1.29 is 9.90 Å². The smallest absolute Gasteiger partial charge is 0.136 e. The van der Waals surface area contributed by atoms with Crippen molar-refractivity contribution >= 4 is 5.78 Å². The Morgan fingerprint density at radius 2 is 1.70 bits per heavy atom. The van der Waals surface area contributed by atoms with Gasteiger partial charge >= 0.3 is 0 Å². The first kappa shape index (κ1) is 20.2. The molecule has 4 aliphatic carbocycles. The summed E-state index contributed by atoms with van der Waals surface area (Å²) >= 11 is 0. The standard InChI is InChI=1S/C27H43NO2/c1-15-4-7-25-16(2)18-5-6-19-20(22(18)14-28(25)13-15)11-23-21(19)12-26(30)24-10-17(29)8-9-27(23,24)3/h15-25,29H,4-14H2,1-3H3/t15-,16+,17?,18?,19?,20?,21?,22?,23?,24?,25?,27+/m0/s1. The third-order valence-corrected chi connectivity index (χ3v) is 11.8. The van der Waals surface area contributed by atoms with E-state index >= 15 is 0 Å². The second kappa shape index (κ2) is 7.04. The molecule has 30 heavy (non-hydrogen) atoms. The van der Waals surface area contributed by atoms with Gasteiger partial charge in [0.1, 0.15) is 5.78 Å². The minimum Gasteiger partial charge on any atom is -0.393 e. The first-order valence-corrected chi connectivity index (χ1v) is 13.3. The topological polar surface area (TPSA) is 40.5 Å². The number of hydrogen-bond donors (Lipinski definition) is 1. The second-order valence-corrected chi connectivity index (χ2v) is 13.0. The van der Waals surface area contributed by atoms with Gasteiger partial charge in [0.05, 0.1) is 6.10 Å². The maximum atomic E-state index is 13.2. The van der Waals surface area contributed by atoms with Gasteiger partial charge in [-0.2, -0.15) is 0 Å². The highest BCUT2D eigenvalue weighted by atomic mass is 16.3. The molecule has 2 saturated heterocycles. The number of aliphatic hydroxyl groups is 1. The Morgan fingerprint density at radius 3 is 2.53 bits per heavy atom. The van der Waals surface area contributed by atoms with Crippen molar-refractivity contribution in [1.82, 2.24) is 4.90 Å². The molecule has 0 spiro atoms. The summed E-state index contributed by atoms with van der Waals surface area (Å²) in [6.07, 6.45) is 10.3. The zero-order valence-electron chi connectivity index (χ0n) is 19.4. The maximum Gasteiger partial charge on any atom is 0.136 e. The summed E-state index contributed by atoms with van der Waals surface area (Å²) in [5.74, 6) is 7.19. The maximum absolute atomic E-state index is 13.2. The first-order valence-electron chi connectivity index (χ1n) is 13.3. The van der Waals surface area contributed by atoms with Crippen molar-refractivity contribution in [3.8, 4) is 0 Å². The fourth-order valence-electron chi connectivity index (χ4n) is 10.3. The predicted molar refractivity (Wildman–Crippen MR) is 119 cm³/mol. The molecule has 4 saturated carbocycles. The molecule has 0 aromatic carbocycles. The Balaban J connectivity index is 1.28. The Hall–Kier alpha value is -0.410. The van der Waals surface area contributed by atoms with Gasteiger partial charge in [-0.15, -0.1) is 0 Å². The van der Waals surface area contributed by atoms with Crippen LogP contribution in [0.3, 0.4) is 0 Å². The zero-order chi connectivity index (χ0) is 20.8. The van der Waals surface area contributed by atoms with Gasteiger partial charge in [0, 0.05) is 31.5 Å². The van der Waals surface area contributed by atoms with Crippen molar-refractivity contribution in [2.75, 3.05) is 13.1 Å². The Kier molecular flexibility index (Phi) is 4.75. The molecule has 6 fully saturated rings. The van der Waals surface area contributed by atoms with Crippen LogP contribution in [0.5, 0.6) is 0 Å². The lowest BCUT2D eigenvalue weighted by atomic mass is 9.51. The number of nitrogens with zero attached hydrogens (tertiary/aromatic N) is 1. The summed E-state index contributed by atoms with van der Waals surface area (Å²) in [7, 11) is 0. The summed E-state index contributed by atoms with van der Waals surface area (Å²) in [6, 6.07) is 0.839. The fraction of sp³-hybridized carbons (Fsp3) is 0.963. The lowest BCUT2D eigenvalue weighted by Crippen LogP contribution is -2.58. The molecule has 3 nitrogen and oxygen atoms in total. The van der Waals surface area contributed by atoms with Crippen molar-refractivity contribution in [2.24, 2.45) is 58.7 Å². The zero-order valence-corrected chi connectivity index (χ0v) is 19.4. The molecule has 1 N–H and O–H groups in total. The number of piperidine rings is 2. The highest BCUT2D eigenvalue weighted by molar-refractivity contribution is 5.83. The average Bonchev–Trinajstić information content (AvgIpc) is 3.09. The third kappa shape index (κ3) is 2.79. The van der Waals surface area contributed by atoms with Crippen LogP contribution in [0.2, 0.25) is 0 Å². The summed E-state index contributed by atoms with van der Waals surface area (Å²) in [6.45, 7) is 10.1. The number of hydrogen-bond acceptors (Lipinski definition) is 3. The van der Waals surface area contributed by atoms with Gasteiger partial charge in [0.25, 0.3) is 0 Å². The molecule has 168 valence electrons. The van der Waals surface area contributed by atoms with E-state index in [4.69, 9.17) is 0 Å². The number of carbonyl (C=O) groups is 1. The van der Waals surface area contributed by atoms with Crippen LogP contribution in [0, 0.1) is 58.7 Å². The lowest BCUT2D eigenvalue weighted by Gasteiger charge is -2.56. The largest absolute Gasteiger partial charge is 0.393 e. The summed E-state index contributed by atoms with van der Waals surface area (Å²) in [5.41, 5.74) is 0.161. The van der Waals surface area contributed by atoms with E-state index in [0.717, 1.165) is 73.2 Å². The third-order valence-electron chi connectivity index (χ3n) is 11.8. The summed E-state index contributed by atoms with van der Waals surface area (Å²) in [5, 5.41) is 10.3. The molecule has 0 aromatic rings. The van der Waals surface area contributed by atoms with E-state index in [0.29, 0.717) is 11.7 Å². The van der Waals surface area contributed by atoms with Crippen LogP contribution in [0.25, 0.3) is 0 Å². The molecule has 9 unspecified atom stereocenters. The molecule has 2 aliphatic heterocycles. The van der Waals surface area contributed by atoms with Gasteiger partial charge in [0.2, 0.25) is 0 Å². The Morgan fingerprint density at radius 1 is 0.900 bits per heavy atom. The van der Waals surface area contributed by atoms with Crippen LogP contribution in [0.1, 0.15) is 78.6 Å². The Bertz CT molecular complexity index is 705. The van der Waals surface area contributed by atoms with Crippen LogP contribution in [-0.2, 0) is 4.79 Å². The predicted octanol–water partition coefficient (Wildman–Crippen LogP) is 4.77. The van der Waals surface area contributed by atoms with Gasteiger partial charge < -0.3 is 5.11 Å². The summed E-state index contributed by atoms with van der Waals surface area (Å²) in [4.78, 5) is 16.1. The van der Waals surface area contributed by atoms with Gasteiger partial charge in [-0.1, -0.05) is 20.8 Å². The number of ketones is 1. The normalized spacial score (nSPS) is 58.3. The van der Waals surface area contributed by atoms with E-state index in [2.05, 4.69) is 25.7 Å². The fourth-order valence-corrected chi connectivity index (χ4v) is 10.3. The van der Waals surface area contributed by atoms with Crippen molar-refractivity contribution in [1.29, 1.82) is 0 Å². The molecule has 3 heteroatoms. The minimum absolute atomic E-state index is 0.135. The highest BCUT2D eigenvalue weighted by Gasteiger charge is 2.62. The number of rotatable bonds is 0. The lowest BCUT2D eigenvalue weighted by molar-refractivity contribution is -0.145. The number of aliphatic hydroxyl groups excluding tert-OH is 1. The van der Waals surface area contributed by atoms with Gasteiger partial charge in [-0.05, 0) is 104 Å². The molecule has 6 rings (SSSR count). The van der Waals surface area contributed by atoms with E-state index in [-0.39, 0.29) is 17.4 Å². The average molecular weight is 414 g/mol. The molecule has 0 amide bonds. The van der Waals surface area contributed by atoms with Gasteiger partial charge in [0.15, 0.2) is 0 Å². The van der Waals surface area contributed by atoms with E-state index in [9.17, 15) is 9.90 Å². The molecule has 2 heterocycles. The number of Topliss-reactive ketones (excluding diaryl/α,β-unsaturated/α-hetero) is 1. The van der Waals surface area contributed by atoms with Crippen LogP contribution < -0.4 is 0 Å². The van der Waals surface area contributed by atoms with Crippen molar-refractivity contribution in [2.45, 2.75) is 90.7 Å².